The third kappa shape index (κ3) is 3.27. The van der Waals surface area contributed by atoms with Crippen LogP contribution in [0.1, 0.15) is 42.9 Å². The van der Waals surface area contributed by atoms with Crippen molar-refractivity contribution in [1.82, 2.24) is 0 Å². The van der Waals surface area contributed by atoms with Gasteiger partial charge in [-0.05, 0) is 55.9 Å². The zero-order valence-electron chi connectivity index (χ0n) is 10.2. The van der Waals surface area contributed by atoms with E-state index in [2.05, 4.69) is 0 Å². The Hall–Kier alpha value is -0.930. The van der Waals surface area contributed by atoms with Crippen LogP contribution in [0, 0.1) is 12.7 Å². The van der Waals surface area contributed by atoms with Gasteiger partial charge in [0.15, 0.2) is 0 Å². The minimum Gasteiger partial charge on any atom is -0.388 e. The predicted molar refractivity (Wildman–Crippen MR) is 64.3 cm³/mol. The maximum absolute atomic E-state index is 12.9. The Morgan fingerprint density at radius 2 is 2.35 bits per heavy atom. The predicted octanol–water partition coefficient (Wildman–Crippen LogP) is 3.13. The second kappa shape index (κ2) is 5.61. The lowest BCUT2D eigenvalue weighted by Gasteiger charge is -2.16. The van der Waals surface area contributed by atoms with Crippen molar-refractivity contribution in [2.45, 2.75) is 44.8 Å². The molecule has 17 heavy (non-hydrogen) atoms. The largest absolute Gasteiger partial charge is 0.388 e. The van der Waals surface area contributed by atoms with Crippen molar-refractivity contribution < 1.29 is 14.2 Å². The Balaban J connectivity index is 1.91. The first kappa shape index (κ1) is 12.5. The summed E-state index contributed by atoms with van der Waals surface area (Å²) in [7, 11) is 0. The maximum atomic E-state index is 12.9. The molecule has 1 fully saturated rings. The third-order valence-corrected chi connectivity index (χ3v) is 3.38. The van der Waals surface area contributed by atoms with Crippen LogP contribution in [0.25, 0.3) is 0 Å². The van der Waals surface area contributed by atoms with Crippen LogP contribution in [0.5, 0.6) is 0 Å². The van der Waals surface area contributed by atoms with Gasteiger partial charge < -0.3 is 9.84 Å². The molecular weight excluding hydrogens is 219 g/mol. The van der Waals surface area contributed by atoms with Gasteiger partial charge in [-0.15, -0.1) is 0 Å². The summed E-state index contributed by atoms with van der Waals surface area (Å²) in [5.41, 5.74) is 1.63. The summed E-state index contributed by atoms with van der Waals surface area (Å²) in [6.45, 7) is 2.67. The molecule has 2 unspecified atom stereocenters. The van der Waals surface area contributed by atoms with Crippen LogP contribution in [0.15, 0.2) is 18.2 Å². The highest BCUT2D eigenvalue weighted by atomic mass is 19.1. The molecule has 1 N–H and O–H groups in total. The van der Waals surface area contributed by atoms with E-state index in [4.69, 9.17) is 4.74 Å². The quantitative estimate of drug-likeness (QED) is 0.873. The molecule has 1 saturated heterocycles. The van der Waals surface area contributed by atoms with Gasteiger partial charge in [0.05, 0.1) is 12.2 Å². The molecule has 0 spiro atoms. The van der Waals surface area contributed by atoms with Gasteiger partial charge in [-0.1, -0.05) is 6.07 Å². The zero-order valence-corrected chi connectivity index (χ0v) is 10.2. The van der Waals surface area contributed by atoms with Crippen molar-refractivity contribution in [2.75, 3.05) is 6.61 Å². The van der Waals surface area contributed by atoms with Gasteiger partial charge in [0.25, 0.3) is 0 Å². The molecule has 1 heterocycles. The van der Waals surface area contributed by atoms with E-state index in [0.717, 1.165) is 37.0 Å². The smallest absolute Gasteiger partial charge is 0.123 e. The molecular formula is C14H19FO2. The molecule has 0 amide bonds. The summed E-state index contributed by atoms with van der Waals surface area (Å²) in [5, 5.41) is 10.1. The first-order valence-electron chi connectivity index (χ1n) is 6.22. The second-order valence-electron chi connectivity index (χ2n) is 4.73. The lowest BCUT2D eigenvalue weighted by atomic mass is 9.98. The van der Waals surface area contributed by atoms with Gasteiger partial charge in [0.1, 0.15) is 5.82 Å². The van der Waals surface area contributed by atoms with Gasteiger partial charge in [0, 0.05) is 6.61 Å². The molecule has 3 heteroatoms. The average Bonchev–Trinajstić information content (AvgIpc) is 2.78. The van der Waals surface area contributed by atoms with Crippen LogP contribution in [-0.4, -0.2) is 17.8 Å². The molecule has 1 aliphatic rings. The van der Waals surface area contributed by atoms with E-state index < -0.39 is 6.10 Å². The Bertz CT molecular complexity index is 372. The van der Waals surface area contributed by atoms with E-state index in [9.17, 15) is 9.50 Å². The Morgan fingerprint density at radius 3 is 3.00 bits per heavy atom. The second-order valence-corrected chi connectivity index (χ2v) is 4.73. The minimum atomic E-state index is -0.514. The number of aryl methyl sites for hydroxylation is 1. The zero-order chi connectivity index (χ0) is 12.3. The average molecular weight is 238 g/mol. The Labute approximate surface area is 101 Å². The van der Waals surface area contributed by atoms with Crippen LogP contribution in [0.3, 0.4) is 0 Å². The topological polar surface area (TPSA) is 29.5 Å². The maximum Gasteiger partial charge on any atom is 0.123 e. The molecule has 0 aliphatic carbocycles. The highest BCUT2D eigenvalue weighted by molar-refractivity contribution is 5.28. The Morgan fingerprint density at radius 1 is 1.53 bits per heavy atom. The van der Waals surface area contributed by atoms with E-state index in [0.29, 0.717) is 12.5 Å². The highest BCUT2D eigenvalue weighted by Gasteiger charge is 2.18. The third-order valence-electron chi connectivity index (χ3n) is 3.38. The van der Waals surface area contributed by atoms with Crippen molar-refractivity contribution in [2.24, 2.45) is 0 Å². The molecule has 2 atom stereocenters. The number of ether oxygens (including phenoxy) is 1. The molecule has 1 aromatic carbocycles. The molecule has 0 saturated carbocycles. The lowest BCUT2D eigenvalue weighted by molar-refractivity contribution is 0.0810. The number of hydrogen-bond donors (Lipinski definition) is 1. The molecule has 0 radical (unpaired) electrons. The van der Waals surface area contributed by atoms with Crippen LogP contribution >= 0.6 is 0 Å². The van der Waals surface area contributed by atoms with Crippen LogP contribution in [0.2, 0.25) is 0 Å². The number of halogens is 1. The summed E-state index contributed by atoms with van der Waals surface area (Å²) >= 11 is 0. The first-order chi connectivity index (χ1) is 8.16. The number of aliphatic hydroxyl groups excluding tert-OH is 1. The standard InChI is InChI=1S/C14H19FO2/c1-10-9-11(15)4-6-13(10)14(16)7-5-12-3-2-8-17-12/h4,6,9,12,14,16H,2-3,5,7-8H2,1H3. The lowest BCUT2D eigenvalue weighted by Crippen LogP contribution is -2.08. The highest BCUT2D eigenvalue weighted by Crippen LogP contribution is 2.26. The van der Waals surface area contributed by atoms with E-state index in [1.54, 1.807) is 6.07 Å². The van der Waals surface area contributed by atoms with Crippen LogP contribution < -0.4 is 0 Å². The van der Waals surface area contributed by atoms with Gasteiger partial charge in [0.2, 0.25) is 0 Å². The monoisotopic (exact) mass is 238 g/mol. The molecule has 1 aromatic rings. The van der Waals surface area contributed by atoms with E-state index in [1.165, 1.54) is 12.1 Å². The molecule has 2 rings (SSSR count). The van der Waals surface area contributed by atoms with Crippen molar-refractivity contribution in [3.63, 3.8) is 0 Å². The van der Waals surface area contributed by atoms with Gasteiger partial charge >= 0.3 is 0 Å². The SMILES string of the molecule is Cc1cc(F)ccc1C(O)CCC1CCCO1. The summed E-state index contributed by atoms with van der Waals surface area (Å²) in [4.78, 5) is 0. The summed E-state index contributed by atoms with van der Waals surface area (Å²) in [5.74, 6) is -0.252. The van der Waals surface area contributed by atoms with E-state index in [1.807, 2.05) is 6.92 Å². The molecule has 2 nitrogen and oxygen atoms in total. The molecule has 0 bridgehead atoms. The van der Waals surface area contributed by atoms with Crippen molar-refractivity contribution in [1.29, 1.82) is 0 Å². The summed E-state index contributed by atoms with van der Waals surface area (Å²) < 4.78 is 18.5. The van der Waals surface area contributed by atoms with Crippen molar-refractivity contribution in [3.8, 4) is 0 Å². The first-order valence-corrected chi connectivity index (χ1v) is 6.22. The number of hydrogen-bond acceptors (Lipinski definition) is 2. The van der Waals surface area contributed by atoms with Gasteiger partial charge in [-0.2, -0.15) is 0 Å². The molecule has 0 aromatic heterocycles. The van der Waals surface area contributed by atoms with Gasteiger partial charge in [-0.25, -0.2) is 4.39 Å². The number of benzene rings is 1. The van der Waals surface area contributed by atoms with Gasteiger partial charge in [-0.3, -0.25) is 0 Å². The summed E-state index contributed by atoms with van der Waals surface area (Å²) in [6, 6.07) is 4.53. The fraction of sp³-hybridized carbons (Fsp3) is 0.571. The van der Waals surface area contributed by atoms with Crippen molar-refractivity contribution in [3.05, 3.63) is 35.1 Å². The summed E-state index contributed by atoms with van der Waals surface area (Å²) in [6.07, 6.45) is 3.55. The number of aliphatic hydroxyl groups is 1. The van der Waals surface area contributed by atoms with E-state index >= 15 is 0 Å². The fourth-order valence-electron chi connectivity index (χ4n) is 2.38. The number of rotatable bonds is 4. The molecule has 94 valence electrons. The van der Waals surface area contributed by atoms with Crippen LogP contribution in [-0.2, 0) is 4.74 Å². The van der Waals surface area contributed by atoms with Crippen molar-refractivity contribution >= 4 is 0 Å². The normalized spacial score (nSPS) is 21.7. The minimum absolute atomic E-state index is 0.252. The Kier molecular flexibility index (Phi) is 4.13. The van der Waals surface area contributed by atoms with E-state index in [-0.39, 0.29) is 5.82 Å². The van der Waals surface area contributed by atoms with Crippen LogP contribution in [0.4, 0.5) is 4.39 Å². The fourth-order valence-corrected chi connectivity index (χ4v) is 2.38. The molecule has 1 aliphatic heterocycles.